The van der Waals surface area contributed by atoms with Crippen molar-refractivity contribution in [3.8, 4) is 0 Å². The molecule has 1 unspecified atom stereocenters. The number of rotatable bonds is 5. The molecule has 4 heteroatoms. The lowest BCUT2D eigenvalue weighted by Gasteiger charge is -2.28. The number of amides is 2. The average Bonchev–Trinajstić information content (AvgIpc) is 3.23. The van der Waals surface area contributed by atoms with E-state index in [0.29, 0.717) is 11.8 Å². The Morgan fingerprint density at radius 2 is 2.15 bits per heavy atom. The van der Waals surface area contributed by atoms with Gasteiger partial charge in [-0.1, -0.05) is 26.0 Å². The fourth-order valence-corrected chi connectivity index (χ4v) is 2.39. The molecule has 0 aliphatic heterocycles. The van der Waals surface area contributed by atoms with Crippen LogP contribution in [0.3, 0.4) is 0 Å². The Balaban J connectivity index is 1.99. The third-order valence-electron chi connectivity index (χ3n) is 4.02. The van der Waals surface area contributed by atoms with Gasteiger partial charge in [0.25, 0.3) is 0 Å². The van der Waals surface area contributed by atoms with Gasteiger partial charge in [0.05, 0.1) is 12.1 Å². The Labute approximate surface area is 120 Å². The highest BCUT2D eigenvalue weighted by molar-refractivity contribution is 5.89. The minimum absolute atomic E-state index is 0.0306. The molecular formula is C16H24N2O2. The second-order valence-electron chi connectivity index (χ2n) is 6.21. The quantitative estimate of drug-likeness (QED) is 0.774. The average molecular weight is 276 g/mol. The molecule has 1 aliphatic carbocycles. The topological polar surface area (TPSA) is 61.4 Å². The molecule has 0 radical (unpaired) electrons. The van der Waals surface area contributed by atoms with Crippen molar-refractivity contribution < 1.29 is 9.90 Å². The van der Waals surface area contributed by atoms with Gasteiger partial charge in [0, 0.05) is 5.69 Å². The fourth-order valence-electron chi connectivity index (χ4n) is 2.39. The summed E-state index contributed by atoms with van der Waals surface area (Å²) in [7, 11) is 0. The Morgan fingerprint density at radius 3 is 2.70 bits per heavy atom. The Hall–Kier alpha value is -1.55. The summed E-state index contributed by atoms with van der Waals surface area (Å²) in [5.74, 6) is 0.814. The van der Waals surface area contributed by atoms with Crippen LogP contribution in [0.25, 0.3) is 0 Å². The summed E-state index contributed by atoms with van der Waals surface area (Å²) in [5.41, 5.74) is 1.46. The molecule has 0 heterocycles. The molecule has 0 spiro atoms. The maximum absolute atomic E-state index is 12.1. The van der Waals surface area contributed by atoms with Gasteiger partial charge >= 0.3 is 6.03 Å². The van der Waals surface area contributed by atoms with Gasteiger partial charge in [0.1, 0.15) is 0 Å². The predicted octanol–water partition coefficient (Wildman–Crippen LogP) is 3.09. The van der Waals surface area contributed by atoms with Crippen molar-refractivity contribution in [3.63, 3.8) is 0 Å². The van der Waals surface area contributed by atoms with E-state index in [4.69, 9.17) is 0 Å². The molecule has 1 saturated carbocycles. The number of nitrogens with one attached hydrogen (secondary N) is 2. The number of carbonyl (C=O) groups excluding carboxylic acids is 1. The second kappa shape index (κ2) is 5.83. The van der Waals surface area contributed by atoms with Gasteiger partial charge in [-0.3, -0.25) is 0 Å². The first kappa shape index (κ1) is 14.9. The zero-order valence-corrected chi connectivity index (χ0v) is 12.4. The Morgan fingerprint density at radius 1 is 1.45 bits per heavy atom. The Kier molecular flexibility index (Phi) is 4.33. The van der Waals surface area contributed by atoms with Gasteiger partial charge in [-0.2, -0.15) is 0 Å². The summed E-state index contributed by atoms with van der Waals surface area (Å²) in [6, 6.07) is 7.60. The number of carbonyl (C=O) groups is 1. The van der Waals surface area contributed by atoms with E-state index in [1.54, 1.807) is 0 Å². The third-order valence-corrected chi connectivity index (χ3v) is 4.02. The molecule has 2 amide bonds. The van der Waals surface area contributed by atoms with E-state index in [1.165, 1.54) is 5.56 Å². The lowest BCUT2D eigenvalue weighted by atomic mass is 9.97. The smallest absolute Gasteiger partial charge is 0.319 e. The summed E-state index contributed by atoms with van der Waals surface area (Å²) >= 11 is 0. The molecule has 4 nitrogen and oxygen atoms in total. The van der Waals surface area contributed by atoms with E-state index in [0.717, 1.165) is 18.5 Å². The van der Waals surface area contributed by atoms with Crippen LogP contribution >= 0.6 is 0 Å². The first-order chi connectivity index (χ1) is 9.44. The molecule has 0 aromatic heterocycles. The molecule has 110 valence electrons. The van der Waals surface area contributed by atoms with Crippen molar-refractivity contribution in [3.05, 3.63) is 29.8 Å². The highest BCUT2D eigenvalue weighted by Crippen LogP contribution is 2.39. The predicted molar refractivity (Wildman–Crippen MR) is 80.9 cm³/mol. The first-order valence-electron chi connectivity index (χ1n) is 7.24. The number of anilines is 1. The number of urea groups is 1. The van der Waals surface area contributed by atoms with Gasteiger partial charge in [-0.05, 0) is 49.3 Å². The zero-order chi connectivity index (χ0) is 14.8. The third kappa shape index (κ3) is 3.51. The van der Waals surface area contributed by atoms with Crippen LogP contribution < -0.4 is 10.6 Å². The fraction of sp³-hybridized carbons (Fsp3) is 0.562. The molecule has 1 fully saturated rings. The van der Waals surface area contributed by atoms with Crippen LogP contribution in [-0.4, -0.2) is 23.3 Å². The first-order valence-corrected chi connectivity index (χ1v) is 7.24. The number of aliphatic hydroxyl groups excluding tert-OH is 1. The highest BCUT2D eigenvalue weighted by atomic mass is 16.3. The van der Waals surface area contributed by atoms with Crippen LogP contribution in [0.15, 0.2) is 24.3 Å². The molecule has 20 heavy (non-hydrogen) atoms. The van der Waals surface area contributed by atoms with Gasteiger partial charge < -0.3 is 15.7 Å². The van der Waals surface area contributed by atoms with Crippen molar-refractivity contribution in [1.29, 1.82) is 0 Å². The lowest BCUT2D eigenvalue weighted by molar-refractivity contribution is 0.159. The normalized spacial score (nSPS) is 17.6. The van der Waals surface area contributed by atoms with Crippen LogP contribution in [0.2, 0.25) is 0 Å². The summed E-state index contributed by atoms with van der Waals surface area (Å²) in [6.07, 6.45) is 2.14. The van der Waals surface area contributed by atoms with Crippen molar-refractivity contribution in [1.82, 2.24) is 5.32 Å². The summed E-state index contributed by atoms with van der Waals surface area (Å²) in [5, 5.41) is 15.2. The van der Waals surface area contributed by atoms with Gasteiger partial charge in [0.15, 0.2) is 0 Å². The molecule has 2 rings (SSSR count). The van der Waals surface area contributed by atoms with Crippen molar-refractivity contribution in [2.45, 2.75) is 45.1 Å². The lowest BCUT2D eigenvalue weighted by Crippen LogP contribution is -2.52. The molecule has 1 atom stereocenters. The zero-order valence-electron chi connectivity index (χ0n) is 12.4. The standard InChI is InChI=1S/C16H24N2O2/c1-11(2)12-5-4-6-14(9-12)17-15(20)18-16(3,10-19)13-7-8-13/h4-6,9,11,13,19H,7-8,10H2,1-3H3,(H2,17,18,20). The number of benzene rings is 1. The minimum Gasteiger partial charge on any atom is -0.394 e. The number of hydrogen-bond donors (Lipinski definition) is 3. The second-order valence-corrected chi connectivity index (χ2v) is 6.21. The molecule has 0 bridgehead atoms. The number of hydrogen-bond acceptors (Lipinski definition) is 2. The van der Waals surface area contributed by atoms with Crippen LogP contribution in [0, 0.1) is 5.92 Å². The van der Waals surface area contributed by atoms with Crippen LogP contribution in [0.4, 0.5) is 10.5 Å². The van der Waals surface area contributed by atoms with Crippen LogP contribution in [0.1, 0.15) is 45.1 Å². The number of aliphatic hydroxyl groups is 1. The van der Waals surface area contributed by atoms with E-state index in [9.17, 15) is 9.90 Å². The Bertz CT molecular complexity index is 483. The van der Waals surface area contributed by atoms with Crippen LogP contribution in [-0.2, 0) is 0 Å². The van der Waals surface area contributed by atoms with E-state index in [1.807, 2.05) is 25.1 Å². The minimum atomic E-state index is -0.514. The molecule has 1 aliphatic rings. The molecule has 3 N–H and O–H groups in total. The van der Waals surface area contributed by atoms with Gasteiger partial charge in [0.2, 0.25) is 0 Å². The van der Waals surface area contributed by atoms with Crippen molar-refractivity contribution in [2.24, 2.45) is 5.92 Å². The van der Waals surface area contributed by atoms with E-state index in [2.05, 4.69) is 30.5 Å². The van der Waals surface area contributed by atoms with Crippen LogP contribution in [0.5, 0.6) is 0 Å². The molecule has 0 saturated heterocycles. The maximum atomic E-state index is 12.1. The van der Waals surface area contributed by atoms with Gasteiger partial charge in [-0.25, -0.2) is 4.79 Å². The SMILES string of the molecule is CC(C)c1cccc(NC(=O)NC(C)(CO)C2CC2)c1. The van der Waals surface area contributed by atoms with E-state index < -0.39 is 5.54 Å². The maximum Gasteiger partial charge on any atom is 0.319 e. The molecular weight excluding hydrogens is 252 g/mol. The highest BCUT2D eigenvalue weighted by Gasteiger charge is 2.42. The summed E-state index contributed by atoms with van der Waals surface area (Å²) in [6.45, 7) is 6.11. The largest absolute Gasteiger partial charge is 0.394 e. The van der Waals surface area contributed by atoms with E-state index >= 15 is 0 Å². The molecule has 1 aromatic carbocycles. The summed E-state index contributed by atoms with van der Waals surface area (Å²) < 4.78 is 0. The monoisotopic (exact) mass is 276 g/mol. The summed E-state index contributed by atoms with van der Waals surface area (Å²) in [4.78, 5) is 12.1. The van der Waals surface area contributed by atoms with E-state index in [-0.39, 0.29) is 12.6 Å². The van der Waals surface area contributed by atoms with Crippen molar-refractivity contribution >= 4 is 11.7 Å². The molecule has 1 aromatic rings. The van der Waals surface area contributed by atoms with Gasteiger partial charge in [-0.15, -0.1) is 0 Å². The van der Waals surface area contributed by atoms with Crippen molar-refractivity contribution in [2.75, 3.05) is 11.9 Å².